The molecule has 0 bridgehead atoms. The predicted molar refractivity (Wildman–Crippen MR) is 51.0 cm³/mol. The molecule has 0 aromatic carbocycles. The van der Waals surface area contributed by atoms with Crippen molar-refractivity contribution in [3.05, 3.63) is 0 Å². The minimum atomic E-state index is 0.193. The Morgan fingerprint density at radius 2 is 2.15 bits per heavy atom. The van der Waals surface area contributed by atoms with Crippen LogP contribution in [0.25, 0.3) is 0 Å². The molecule has 0 heterocycles. The van der Waals surface area contributed by atoms with E-state index < -0.39 is 0 Å². The number of hydrogen-bond donors (Lipinski definition) is 2. The number of amides is 1. The van der Waals surface area contributed by atoms with Crippen LogP contribution in [0.5, 0.6) is 0 Å². The second-order valence-corrected chi connectivity index (χ2v) is 4.53. The maximum Gasteiger partial charge on any atom is 0.223 e. The summed E-state index contributed by atoms with van der Waals surface area (Å²) in [4.78, 5) is 11.6. The number of rotatable bonds is 2. The molecule has 3 heteroatoms. The highest BCUT2D eigenvalue weighted by atomic mass is 16.2. The van der Waals surface area contributed by atoms with Crippen molar-refractivity contribution in [3.63, 3.8) is 0 Å². The van der Waals surface area contributed by atoms with Crippen LogP contribution in [0.2, 0.25) is 0 Å². The first-order chi connectivity index (χ1) is 6.18. The van der Waals surface area contributed by atoms with Crippen LogP contribution in [0, 0.1) is 11.8 Å². The van der Waals surface area contributed by atoms with Gasteiger partial charge >= 0.3 is 0 Å². The van der Waals surface area contributed by atoms with Gasteiger partial charge in [-0.1, -0.05) is 6.92 Å². The lowest BCUT2D eigenvalue weighted by atomic mass is 10.2. The second-order valence-electron chi connectivity index (χ2n) is 4.53. The van der Waals surface area contributed by atoms with E-state index in [1.807, 2.05) is 0 Å². The maximum absolute atomic E-state index is 11.6. The normalized spacial score (nSPS) is 43.2. The van der Waals surface area contributed by atoms with E-state index in [0.29, 0.717) is 5.92 Å². The van der Waals surface area contributed by atoms with Crippen molar-refractivity contribution in [1.82, 2.24) is 5.32 Å². The average Bonchev–Trinajstić information content (AvgIpc) is 2.68. The molecule has 3 nitrogen and oxygen atoms in total. The van der Waals surface area contributed by atoms with Crippen molar-refractivity contribution in [2.24, 2.45) is 17.6 Å². The molecule has 1 amide bonds. The van der Waals surface area contributed by atoms with Gasteiger partial charge in [-0.2, -0.15) is 0 Å². The lowest BCUT2D eigenvalue weighted by Gasteiger charge is -2.16. The Morgan fingerprint density at radius 1 is 1.46 bits per heavy atom. The Balaban J connectivity index is 1.80. The van der Waals surface area contributed by atoms with Gasteiger partial charge in [0.1, 0.15) is 0 Å². The summed E-state index contributed by atoms with van der Waals surface area (Å²) in [5, 5.41) is 3.06. The summed E-state index contributed by atoms with van der Waals surface area (Å²) in [7, 11) is 0. The third kappa shape index (κ3) is 1.85. The van der Waals surface area contributed by atoms with E-state index in [1.165, 1.54) is 0 Å². The minimum absolute atomic E-state index is 0.193. The molecule has 2 rings (SSSR count). The average molecular weight is 182 g/mol. The molecular formula is C10H18N2O. The van der Waals surface area contributed by atoms with Crippen molar-refractivity contribution < 1.29 is 4.79 Å². The number of hydrogen-bond acceptors (Lipinski definition) is 2. The molecule has 74 valence electrons. The Labute approximate surface area is 79.1 Å². The van der Waals surface area contributed by atoms with Crippen molar-refractivity contribution in [1.29, 1.82) is 0 Å². The van der Waals surface area contributed by atoms with Gasteiger partial charge in [0.2, 0.25) is 5.91 Å². The maximum atomic E-state index is 11.6. The van der Waals surface area contributed by atoms with Gasteiger partial charge in [-0.05, 0) is 31.6 Å². The van der Waals surface area contributed by atoms with Gasteiger partial charge in [-0.3, -0.25) is 4.79 Å². The third-order valence-electron chi connectivity index (χ3n) is 3.34. The van der Waals surface area contributed by atoms with Gasteiger partial charge in [0.25, 0.3) is 0 Å². The van der Waals surface area contributed by atoms with E-state index in [9.17, 15) is 4.79 Å². The monoisotopic (exact) mass is 182 g/mol. The van der Waals surface area contributed by atoms with Crippen LogP contribution in [0.1, 0.15) is 32.6 Å². The topological polar surface area (TPSA) is 55.1 Å². The molecular weight excluding hydrogens is 164 g/mol. The largest absolute Gasteiger partial charge is 0.352 e. The van der Waals surface area contributed by atoms with Crippen LogP contribution in [-0.2, 0) is 4.79 Å². The molecule has 2 saturated carbocycles. The van der Waals surface area contributed by atoms with Gasteiger partial charge in [0.05, 0.1) is 0 Å². The first kappa shape index (κ1) is 9.00. The summed E-state index contributed by atoms with van der Waals surface area (Å²) >= 11 is 0. The highest BCUT2D eigenvalue weighted by molar-refractivity contribution is 5.81. The smallest absolute Gasteiger partial charge is 0.223 e. The molecule has 0 aliphatic heterocycles. The highest BCUT2D eigenvalue weighted by Gasteiger charge is 2.40. The minimum Gasteiger partial charge on any atom is -0.352 e. The van der Waals surface area contributed by atoms with Gasteiger partial charge in [0.15, 0.2) is 0 Å². The van der Waals surface area contributed by atoms with Gasteiger partial charge < -0.3 is 11.1 Å². The molecule has 4 unspecified atom stereocenters. The van der Waals surface area contributed by atoms with E-state index in [-0.39, 0.29) is 23.9 Å². The molecule has 0 radical (unpaired) electrons. The third-order valence-corrected chi connectivity index (χ3v) is 3.34. The Hall–Kier alpha value is -0.570. The fourth-order valence-corrected chi connectivity index (χ4v) is 2.15. The molecule has 0 aromatic rings. The van der Waals surface area contributed by atoms with Crippen LogP contribution < -0.4 is 11.1 Å². The SMILES string of the molecule is CC1CC1C(=O)NC1CCCC1N. The molecule has 0 aromatic heterocycles. The molecule has 2 aliphatic carbocycles. The van der Waals surface area contributed by atoms with Gasteiger partial charge in [-0.15, -0.1) is 0 Å². The van der Waals surface area contributed by atoms with Gasteiger partial charge in [0, 0.05) is 18.0 Å². The summed E-state index contributed by atoms with van der Waals surface area (Å²) in [6.07, 6.45) is 4.35. The number of carbonyl (C=O) groups is 1. The van der Waals surface area contributed by atoms with E-state index in [2.05, 4.69) is 12.2 Å². The van der Waals surface area contributed by atoms with Crippen molar-refractivity contribution in [2.45, 2.75) is 44.7 Å². The fourth-order valence-electron chi connectivity index (χ4n) is 2.15. The van der Waals surface area contributed by atoms with Gasteiger partial charge in [-0.25, -0.2) is 0 Å². The van der Waals surface area contributed by atoms with Crippen LogP contribution in [0.4, 0.5) is 0 Å². The Morgan fingerprint density at radius 3 is 2.62 bits per heavy atom. The van der Waals surface area contributed by atoms with Crippen LogP contribution >= 0.6 is 0 Å². The standard InChI is InChI=1S/C10H18N2O/c1-6-5-7(6)10(13)12-9-4-2-3-8(9)11/h6-9H,2-5,11H2,1H3,(H,12,13). The molecule has 0 spiro atoms. The Bertz CT molecular complexity index is 217. The molecule has 13 heavy (non-hydrogen) atoms. The van der Waals surface area contributed by atoms with Crippen LogP contribution in [0.15, 0.2) is 0 Å². The van der Waals surface area contributed by atoms with Crippen LogP contribution in [0.3, 0.4) is 0 Å². The molecule has 2 aliphatic rings. The van der Waals surface area contributed by atoms with E-state index in [4.69, 9.17) is 5.73 Å². The molecule has 2 fully saturated rings. The highest BCUT2D eigenvalue weighted by Crippen LogP contribution is 2.38. The predicted octanol–water partition coefficient (Wildman–Crippen LogP) is 0.638. The zero-order chi connectivity index (χ0) is 9.42. The zero-order valence-electron chi connectivity index (χ0n) is 8.12. The summed E-state index contributed by atoms with van der Waals surface area (Å²) in [6, 6.07) is 0.443. The summed E-state index contributed by atoms with van der Waals surface area (Å²) in [5.41, 5.74) is 5.87. The quantitative estimate of drug-likeness (QED) is 0.658. The zero-order valence-corrected chi connectivity index (χ0v) is 8.12. The van der Waals surface area contributed by atoms with Crippen molar-refractivity contribution in [3.8, 4) is 0 Å². The first-order valence-electron chi connectivity index (χ1n) is 5.24. The summed E-state index contributed by atoms with van der Waals surface area (Å²) in [6.45, 7) is 2.12. The van der Waals surface area contributed by atoms with Crippen molar-refractivity contribution >= 4 is 5.91 Å². The molecule has 0 saturated heterocycles. The number of nitrogens with two attached hydrogens (primary N) is 1. The van der Waals surface area contributed by atoms with E-state index in [0.717, 1.165) is 25.7 Å². The second kappa shape index (κ2) is 3.29. The number of nitrogens with one attached hydrogen (secondary N) is 1. The fraction of sp³-hybridized carbons (Fsp3) is 0.900. The van der Waals surface area contributed by atoms with E-state index >= 15 is 0 Å². The summed E-state index contributed by atoms with van der Waals surface area (Å²) < 4.78 is 0. The molecule has 4 atom stereocenters. The first-order valence-corrected chi connectivity index (χ1v) is 5.24. The molecule has 3 N–H and O–H groups in total. The lowest BCUT2D eigenvalue weighted by Crippen LogP contribution is -2.44. The van der Waals surface area contributed by atoms with Crippen LogP contribution in [-0.4, -0.2) is 18.0 Å². The lowest BCUT2D eigenvalue weighted by molar-refractivity contribution is -0.123. The summed E-state index contributed by atoms with van der Waals surface area (Å²) in [5.74, 6) is 1.11. The van der Waals surface area contributed by atoms with Crippen molar-refractivity contribution in [2.75, 3.05) is 0 Å². The van der Waals surface area contributed by atoms with E-state index in [1.54, 1.807) is 0 Å². The Kier molecular flexibility index (Phi) is 2.28. The number of carbonyl (C=O) groups excluding carboxylic acids is 1.